The Hall–Kier alpha value is -1.85. The molecule has 0 aliphatic heterocycles. The Labute approximate surface area is 107 Å². The average molecular weight is 252 g/mol. The third-order valence-electron chi connectivity index (χ3n) is 2.11. The summed E-state index contributed by atoms with van der Waals surface area (Å²) < 4.78 is 5.45. The van der Waals surface area contributed by atoms with Crippen molar-refractivity contribution in [3.8, 4) is 5.88 Å². The van der Waals surface area contributed by atoms with Gasteiger partial charge in [-0.25, -0.2) is 9.97 Å². The van der Waals surface area contributed by atoms with E-state index < -0.39 is 0 Å². The van der Waals surface area contributed by atoms with Crippen LogP contribution in [0, 0.1) is 0 Å². The van der Waals surface area contributed by atoms with E-state index in [2.05, 4.69) is 20.6 Å². The predicted molar refractivity (Wildman–Crippen MR) is 69.6 cm³/mol. The summed E-state index contributed by atoms with van der Waals surface area (Å²) in [6, 6.07) is 1.32. The maximum Gasteiger partial charge on any atom is 0.242 e. The molecular weight excluding hydrogens is 232 g/mol. The molecule has 1 aromatic heterocycles. The third-order valence-corrected chi connectivity index (χ3v) is 2.11. The molecular formula is C12H20N4O2. The van der Waals surface area contributed by atoms with Crippen molar-refractivity contribution in [2.75, 3.05) is 11.9 Å². The summed E-state index contributed by atoms with van der Waals surface area (Å²) in [4.78, 5) is 19.6. The smallest absolute Gasteiger partial charge is 0.242 e. The number of anilines is 1. The van der Waals surface area contributed by atoms with Crippen molar-refractivity contribution in [3.05, 3.63) is 12.4 Å². The van der Waals surface area contributed by atoms with Crippen LogP contribution < -0.4 is 15.4 Å². The lowest BCUT2D eigenvalue weighted by atomic mass is 10.3. The molecule has 0 radical (unpaired) electrons. The Bertz CT molecular complexity index is 395. The van der Waals surface area contributed by atoms with E-state index in [0.29, 0.717) is 18.2 Å². The molecule has 0 saturated heterocycles. The molecule has 2 N–H and O–H groups in total. The van der Waals surface area contributed by atoms with E-state index >= 15 is 0 Å². The molecule has 0 spiro atoms. The number of carbonyl (C=O) groups is 1. The van der Waals surface area contributed by atoms with E-state index in [9.17, 15) is 4.79 Å². The van der Waals surface area contributed by atoms with Crippen LogP contribution in [0.3, 0.4) is 0 Å². The average Bonchev–Trinajstić information content (AvgIpc) is 2.28. The van der Waals surface area contributed by atoms with Crippen LogP contribution in [0.1, 0.15) is 27.7 Å². The van der Waals surface area contributed by atoms with Gasteiger partial charge < -0.3 is 15.4 Å². The topological polar surface area (TPSA) is 76.1 Å². The standard InChI is InChI=1S/C12H20N4O2/c1-5-13-12(17)9(4)16-10-6-11(15-7-14-10)18-8(2)3/h6-9H,5H2,1-4H3,(H,13,17)(H,14,15,16). The molecule has 1 atom stereocenters. The predicted octanol–water partition coefficient (Wildman–Crippen LogP) is 1.20. The van der Waals surface area contributed by atoms with E-state index in [-0.39, 0.29) is 18.1 Å². The van der Waals surface area contributed by atoms with Crippen LogP contribution in [0.15, 0.2) is 12.4 Å². The number of hydrogen-bond acceptors (Lipinski definition) is 5. The van der Waals surface area contributed by atoms with Gasteiger partial charge in [-0.3, -0.25) is 4.79 Å². The van der Waals surface area contributed by atoms with Gasteiger partial charge in [0.15, 0.2) is 0 Å². The Morgan fingerprint density at radius 2 is 2.11 bits per heavy atom. The number of hydrogen-bond donors (Lipinski definition) is 2. The Kier molecular flexibility index (Phi) is 5.35. The fourth-order valence-corrected chi connectivity index (χ4v) is 1.34. The highest BCUT2D eigenvalue weighted by Gasteiger charge is 2.12. The SMILES string of the molecule is CCNC(=O)C(C)Nc1cc(OC(C)C)ncn1. The van der Waals surface area contributed by atoms with Crippen LogP contribution in [0.4, 0.5) is 5.82 Å². The fourth-order valence-electron chi connectivity index (χ4n) is 1.34. The maximum absolute atomic E-state index is 11.6. The van der Waals surface area contributed by atoms with Crippen LogP contribution in [0.25, 0.3) is 0 Å². The molecule has 6 nitrogen and oxygen atoms in total. The van der Waals surface area contributed by atoms with Gasteiger partial charge in [0.2, 0.25) is 11.8 Å². The molecule has 0 aliphatic carbocycles. The van der Waals surface area contributed by atoms with E-state index in [1.165, 1.54) is 6.33 Å². The van der Waals surface area contributed by atoms with E-state index in [1.54, 1.807) is 13.0 Å². The molecule has 6 heteroatoms. The van der Waals surface area contributed by atoms with Gasteiger partial charge in [-0.2, -0.15) is 0 Å². The normalized spacial score (nSPS) is 12.1. The number of nitrogens with zero attached hydrogens (tertiary/aromatic N) is 2. The van der Waals surface area contributed by atoms with Crippen molar-refractivity contribution in [2.24, 2.45) is 0 Å². The maximum atomic E-state index is 11.6. The summed E-state index contributed by atoms with van der Waals surface area (Å²) in [6.07, 6.45) is 1.46. The van der Waals surface area contributed by atoms with E-state index in [0.717, 1.165) is 0 Å². The molecule has 18 heavy (non-hydrogen) atoms. The van der Waals surface area contributed by atoms with Gasteiger partial charge in [0.25, 0.3) is 0 Å². The minimum atomic E-state index is -0.355. The van der Waals surface area contributed by atoms with Crippen LogP contribution in [-0.4, -0.2) is 34.6 Å². The zero-order valence-electron chi connectivity index (χ0n) is 11.2. The Morgan fingerprint density at radius 1 is 1.39 bits per heavy atom. The first-order valence-corrected chi connectivity index (χ1v) is 6.05. The van der Waals surface area contributed by atoms with Crippen molar-refractivity contribution in [2.45, 2.75) is 39.8 Å². The molecule has 0 aliphatic rings. The van der Waals surface area contributed by atoms with Crippen molar-refractivity contribution < 1.29 is 9.53 Å². The molecule has 1 amide bonds. The quantitative estimate of drug-likeness (QED) is 0.795. The second kappa shape index (κ2) is 6.78. The van der Waals surface area contributed by atoms with Crippen molar-refractivity contribution >= 4 is 11.7 Å². The first kappa shape index (κ1) is 14.2. The number of carbonyl (C=O) groups excluding carboxylic acids is 1. The Morgan fingerprint density at radius 3 is 2.72 bits per heavy atom. The fraction of sp³-hybridized carbons (Fsp3) is 0.583. The number of aromatic nitrogens is 2. The second-order valence-corrected chi connectivity index (χ2v) is 4.17. The molecule has 0 fully saturated rings. The number of ether oxygens (including phenoxy) is 1. The lowest BCUT2D eigenvalue weighted by Gasteiger charge is -2.14. The van der Waals surface area contributed by atoms with Crippen molar-refractivity contribution in [1.29, 1.82) is 0 Å². The van der Waals surface area contributed by atoms with Gasteiger partial charge in [-0.05, 0) is 27.7 Å². The molecule has 1 aromatic rings. The van der Waals surface area contributed by atoms with Gasteiger partial charge in [0.1, 0.15) is 18.2 Å². The number of nitrogens with one attached hydrogen (secondary N) is 2. The van der Waals surface area contributed by atoms with Gasteiger partial charge in [-0.15, -0.1) is 0 Å². The summed E-state index contributed by atoms with van der Waals surface area (Å²) in [5.74, 6) is 0.993. The number of rotatable bonds is 6. The van der Waals surface area contributed by atoms with Crippen LogP contribution >= 0.6 is 0 Å². The Balaban J connectivity index is 2.64. The number of likely N-dealkylation sites (N-methyl/N-ethyl adjacent to an activating group) is 1. The summed E-state index contributed by atoms with van der Waals surface area (Å²) in [7, 11) is 0. The first-order chi connectivity index (χ1) is 8.52. The van der Waals surface area contributed by atoms with Gasteiger partial charge in [0, 0.05) is 12.6 Å². The van der Waals surface area contributed by atoms with E-state index in [1.807, 2.05) is 20.8 Å². The lowest BCUT2D eigenvalue weighted by Crippen LogP contribution is -2.37. The van der Waals surface area contributed by atoms with Crippen LogP contribution in [0.5, 0.6) is 5.88 Å². The van der Waals surface area contributed by atoms with Gasteiger partial charge in [0.05, 0.1) is 6.10 Å². The molecule has 1 heterocycles. The summed E-state index contributed by atoms with van der Waals surface area (Å²) in [5.41, 5.74) is 0. The highest BCUT2D eigenvalue weighted by atomic mass is 16.5. The zero-order valence-corrected chi connectivity index (χ0v) is 11.2. The van der Waals surface area contributed by atoms with Crippen LogP contribution in [0.2, 0.25) is 0 Å². The molecule has 0 aromatic carbocycles. The minimum Gasteiger partial charge on any atom is -0.475 e. The minimum absolute atomic E-state index is 0.0496. The van der Waals surface area contributed by atoms with Gasteiger partial charge in [-0.1, -0.05) is 0 Å². The molecule has 0 saturated carbocycles. The van der Waals surface area contributed by atoms with Gasteiger partial charge >= 0.3 is 0 Å². The first-order valence-electron chi connectivity index (χ1n) is 6.05. The van der Waals surface area contributed by atoms with E-state index in [4.69, 9.17) is 4.74 Å². The monoisotopic (exact) mass is 252 g/mol. The highest BCUT2D eigenvalue weighted by molar-refractivity contribution is 5.83. The lowest BCUT2D eigenvalue weighted by molar-refractivity contribution is -0.121. The molecule has 1 unspecified atom stereocenters. The highest BCUT2D eigenvalue weighted by Crippen LogP contribution is 2.13. The largest absolute Gasteiger partial charge is 0.475 e. The summed E-state index contributed by atoms with van der Waals surface area (Å²) in [6.45, 7) is 8.11. The van der Waals surface area contributed by atoms with Crippen LogP contribution in [-0.2, 0) is 4.79 Å². The zero-order chi connectivity index (χ0) is 13.5. The molecule has 0 bridgehead atoms. The van der Waals surface area contributed by atoms with Crippen molar-refractivity contribution in [3.63, 3.8) is 0 Å². The molecule has 100 valence electrons. The van der Waals surface area contributed by atoms with Crippen molar-refractivity contribution in [1.82, 2.24) is 15.3 Å². The summed E-state index contributed by atoms with van der Waals surface area (Å²) in [5, 5.41) is 5.73. The summed E-state index contributed by atoms with van der Waals surface area (Å²) >= 11 is 0. The second-order valence-electron chi connectivity index (χ2n) is 4.17. The third kappa shape index (κ3) is 4.57. The molecule has 1 rings (SSSR count). The number of amides is 1.